The predicted octanol–water partition coefficient (Wildman–Crippen LogP) is 4.83. The van der Waals surface area contributed by atoms with Crippen LogP contribution in [0.5, 0.6) is 11.8 Å². The first kappa shape index (κ1) is 32.9. The molecule has 0 aliphatic carbocycles. The van der Waals surface area contributed by atoms with E-state index in [0.717, 1.165) is 82.1 Å². The van der Waals surface area contributed by atoms with Crippen molar-refractivity contribution in [2.75, 3.05) is 57.3 Å². The van der Waals surface area contributed by atoms with Crippen LogP contribution in [0, 0.1) is 11.8 Å². The average molecular weight is 657 g/mol. The number of piperazine rings is 1. The fourth-order valence-corrected chi connectivity index (χ4v) is 6.24. The zero-order chi connectivity index (χ0) is 31.9. The molecule has 5 rings (SSSR count). The Morgan fingerprint density at radius 3 is 2.29 bits per heavy atom. The van der Waals surface area contributed by atoms with E-state index < -0.39 is 11.9 Å². The summed E-state index contributed by atoms with van der Waals surface area (Å²) < 4.78 is 6.14. The van der Waals surface area contributed by atoms with E-state index >= 15 is 0 Å². The first-order valence-corrected chi connectivity index (χ1v) is 16.0. The predicted molar refractivity (Wildman–Crippen MR) is 174 cm³/mol. The molecule has 2 saturated heterocycles. The topological polar surface area (TPSA) is 124 Å². The van der Waals surface area contributed by atoms with Crippen LogP contribution >= 0.6 is 23.2 Å². The number of rotatable bonds is 11. The minimum atomic E-state index is -0.776. The van der Waals surface area contributed by atoms with Gasteiger partial charge in [0.05, 0.1) is 11.6 Å². The van der Waals surface area contributed by atoms with Crippen LogP contribution in [0.25, 0.3) is 11.3 Å². The number of piperidine rings is 1. The highest BCUT2D eigenvalue weighted by Gasteiger charge is 2.23. The summed E-state index contributed by atoms with van der Waals surface area (Å²) in [6, 6.07) is 13.0. The van der Waals surface area contributed by atoms with Crippen molar-refractivity contribution in [3.8, 4) is 23.0 Å². The van der Waals surface area contributed by atoms with Crippen molar-refractivity contribution in [3.63, 3.8) is 0 Å². The Morgan fingerprint density at radius 2 is 1.67 bits per heavy atom. The third kappa shape index (κ3) is 9.49. The molecule has 2 aromatic heterocycles. The van der Waals surface area contributed by atoms with E-state index in [1.807, 2.05) is 30.3 Å². The van der Waals surface area contributed by atoms with Crippen LogP contribution in [0.15, 0.2) is 42.5 Å². The second-order valence-electron chi connectivity index (χ2n) is 11.9. The number of ether oxygens (including phenoxy) is 1. The van der Waals surface area contributed by atoms with Gasteiger partial charge < -0.3 is 20.1 Å². The van der Waals surface area contributed by atoms with Crippen LogP contribution < -0.4 is 15.0 Å². The molecule has 11 nitrogen and oxygen atoms in total. The number of nitrogens with one attached hydrogen (secondary N) is 1. The van der Waals surface area contributed by atoms with Crippen LogP contribution in [0.3, 0.4) is 0 Å². The van der Waals surface area contributed by atoms with Crippen LogP contribution in [0.1, 0.15) is 32.3 Å². The highest BCUT2D eigenvalue weighted by atomic mass is 35.5. The van der Waals surface area contributed by atoms with E-state index in [1.165, 1.54) is 0 Å². The highest BCUT2D eigenvalue weighted by Crippen LogP contribution is 2.31. The van der Waals surface area contributed by atoms with Crippen LogP contribution in [-0.4, -0.2) is 94.3 Å². The molecule has 0 spiro atoms. The smallest absolute Gasteiger partial charge is 0.307 e. The largest absolute Gasteiger partial charge is 0.481 e. The Labute approximate surface area is 273 Å². The van der Waals surface area contributed by atoms with Crippen molar-refractivity contribution in [1.82, 2.24) is 30.3 Å². The fourth-order valence-electron chi connectivity index (χ4n) is 5.72. The number of halogens is 2. The van der Waals surface area contributed by atoms with Gasteiger partial charge in [-0.15, -0.1) is 10.2 Å². The summed E-state index contributed by atoms with van der Waals surface area (Å²) in [6.07, 6.45) is 2.04. The van der Waals surface area contributed by atoms with E-state index in [2.05, 4.69) is 30.2 Å². The van der Waals surface area contributed by atoms with Crippen LogP contribution in [0.2, 0.25) is 10.0 Å². The van der Waals surface area contributed by atoms with Gasteiger partial charge in [-0.3, -0.25) is 19.4 Å². The number of carbonyl (C=O) groups is 2. The molecule has 0 saturated carbocycles. The molecular formula is C32H39Cl2N7O4. The van der Waals surface area contributed by atoms with Gasteiger partial charge in [0.2, 0.25) is 17.7 Å². The molecule has 1 amide bonds. The van der Waals surface area contributed by atoms with Gasteiger partial charge in [0, 0.05) is 80.5 Å². The standard InChI is InChI=1S/C32H39Cl2N7O4/c1-21(32(43)44)19-40-9-11-41(12-10-40)29-3-4-30(38-37-29)45-31-14-24(13-28(36-31)25-15-26(33)17-27(34)16-25)20-39-7-5-23(6-8-39)18-35-22(2)42/h3-4,13-17,21,23H,5-12,18-20H2,1-2H3,(H,35,42)(H,43,44). The monoisotopic (exact) mass is 655 g/mol. The molecule has 0 bridgehead atoms. The van der Waals surface area contributed by atoms with E-state index in [1.54, 1.807) is 26.0 Å². The molecule has 1 atom stereocenters. The number of anilines is 1. The Kier molecular flexibility index (Phi) is 11.1. The van der Waals surface area contributed by atoms with Gasteiger partial charge in [-0.25, -0.2) is 4.98 Å². The van der Waals surface area contributed by atoms with Crippen molar-refractivity contribution >= 4 is 40.9 Å². The lowest BCUT2D eigenvalue weighted by Crippen LogP contribution is -2.48. The van der Waals surface area contributed by atoms with Crippen molar-refractivity contribution in [2.24, 2.45) is 11.8 Å². The number of benzene rings is 1. The lowest BCUT2D eigenvalue weighted by Gasteiger charge is -2.35. The fraction of sp³-hybridized carbons (Fsp3) is 0.469. The summed E-state index contributed by atoms with van der Waals surface area (Å²) in [6.45, 7) is 10.1. The first-order chi connectivity index (χ1) is 21.6. The number of hydrogen-bond donors (Lipinski definition) is 2. The second kappa shape index (κ2) is 15.2. The SMILES string of the molecule is CC(=O)NCC1CCN(Cc2cc(Oc3ccc(N4CCN(CC(C)C(=O)O)CC4)nn3)nc(-c3cc(Cl)cc(Cl)c3)c2)CC1. The molecule has 4 heterocycles. The van der Waals surface area contributed by atoms with E-state index in [9.17, 15) is 14.7 Å². The number of likely N-dealkylation sites (tertiary alicyclic amines) is 1. The molecule has 45 heavy (non-hydrogen) atoms. The molecule has 13 heteroatoms. The summed E-state index contributed by atoms with van der Waals surface area (Å²) in [7, 11) is 0. The second-order valence-corrected chi connectivity index (χ2v) is 12.7. The minimum absolute atomic E-state index is 0.0113. The lowest BCUT2D eigenvalue weighted by molar-refractivity contribution is -0.141. The minimum Gasteiger partial charge on any atom is -0.481 e. The van der Waals surface area contributed by atoms with E-state index in [4.69, 9.17) is 32.9 Å². The summed E-state index contributed by atoms with van der Waals surface area (Å²) in [5.74, 6) is 0.778. The van der Waals surface area contributed by atoms with Crippen molar-refractivity contribution < 1.29 is 19.4 Å². The first-order valence-electron chi connectivity index (χ1n) is 15.3. The van der Waals surface area contributed by atoms with E-state index in [-0.39, 0.29) is 5.91 Å². The maximum Gasteiger partial charge on any atom is 0.307 e. The molecule has 1 unspecified atom stereocenters. The van der Waals surface area contributed by atoms with Crippen molar-refractivity contribution in [1.29, 1.82) is 0 Å². The molecule has 2 aliphatic rings. The highest BCUT2D eigenvalue weighted by molar-refractivity contribution is 6.35. The maximum atomic E-state index is 11.3. The zero-order valence-electron chi connectivity index (χ0n) is 25.6. The quantitative estimate of drug-likeness (QED) is 0.297. The Morgan fingerprint density at radius 1 is 0.956 bits per heavy atom. The molecule has 240 valence electrons. The van der Waals surface area contributed by atoms with E-state index in [0.29, 0.717) is 40.0 Å². The number of amides is 1. The Balaban J connectivity index is 1.27. The van der Waals surface area contributed by atoms with Crippen molar-refractivity contribution in [2.45, 2.75) is 33.2 Å². The molecular weight excluding hydrogens is 617 g/mol. The summed E-state index contributed by atoms with van der Waals surface area (Å²) >= 11 is 12.6. The van der Waals surface area contributed by atoms with Crippen LogP contribution in [0.4, 0.5) is 5.82 Å². The van der Waals surface area contributed by atoms with Gasteiger partial charge in [-0.2, -0.15) is 0 Å². The van der Waals surface area contributed by atoms with Crippen molar-refractivity contribution in [3.05, 3.63) is 58.1 Å². The Bertz CT molecular complexity index is 1460. The number of hydrogen-bond acceptors (Lipinski definition) is 9. The summed E-state index contributed by atoms with van der Waals surface area (Å²) in [5.41, 5.74) is 2.50. The normalized spacial score (nSPS) is 17.2. The number of pyridine rings is 1. The molecule has 2 N–H and O–H groups in total. The molecule has 1 aromatic carbocycles. The number of carboxylic acids is 1. The number of carboxylic acid groups (broad SMARTS) is 1. The number of carbonyl (C=O) groups excluding carboxylic acids is 1. The molecule has 0 radical (unpaired) electrons. The lowest BCUT2D eigenvalue weighted by atomic mass is 9.96. The van der Waals surface area contributed by atoms with Gasteiger partial charge in [-0.05, 0) is 67.7 Å². The molecule has 2 aliphatic heterocycles. The summed E-state index contributed by atoms with van der Waals surface area (Å²) in [4.78, 5) is 34.0. The number of aliphatic carboxylic acids is 1. The Hall–Kier alpha value is -3.51. The third-order valence-corrected chi connectivity index (χ3v) is 8.69. The number of aromatic nitrogens is 3. The van der Waals surface area contributed by atoms with Gasteiger partial charge in [0.25, 0.3) is 0 Å². The van der Waals surface area contributed by atoms with Gasteiger partial charge >= 0.3 is 5.97 Å². The zero-order valence-corrected chi connectivity index (χ0v) is 27.1. The maximum absolute atomic E-state index is 11.3. The average Bonchev–Trinajstić information content (AvgIpc) is 3.01. The number of nitrogens with zero attached hydrogens (tertiary/aromatic N) is 6. The molecule has 3 aromatic rings. The van der Waals surface area contributed by atoms with Gasteiger partial charge in [0.15, 0.2) is 5.82 Å². The van der Waals surface area contributed by atoms with Gasteiger partial charge in [0.1, 0.15) is 0 Å². The molecule has 2 fully saturated rings. The third-order valence-electron chi connectivity index (χ3n) is 8.26. The van der Waals surface area contributed by atoms with Gasteiger partial charge in [-0.1, -0.05) is 30.1 Å². The summed E-state index contributed by atoms with van der Waals surface area (Å²) in [5, 5.41) is 21.9. The van der Waals surface area contributed by atoms with Crippen LogP contribution in [-0.2, 0) is 16.1 Å².